The molecule has 13 nitrogen and oxygen atoms in total. The zero-order valence-corrected chi connectivity index (χ0v) is 31.0. The number of alkyl halides is 3. The second-order valence-corrected chi connectivity index (χ2v) is 14.9. The number of carbonyl (C=O) groups is 5. The summed E-state index contributed by atoms with van der Waals surface area (Å²) in [4.78, 5) is 72.1. The summed E-state index contributed by atoms with van der Waals surface area (Å²) in [6.45, 7) is 5.14. The number of halogens is 3. The third-order valence-electron chi connectivity index (χ3n) is 8.82. The van der Waals surface area contributed by atoms with Crippen LogP contribution in [0.4, 0.5) is 18.9 Å². The summed E-state index contributed by atoms with van der Waals surface area (Å²) in [6, 6.07) is 14.6. The SMILES string of the molecule is CC(C)C[C@@H]1NC(=O)[C@H](Cc2ccccc2)N(C)C(=O)[C@H](C)NC(=O)c2ccccc2NC(=O)[C@H](Cc2ccc(OS(=O)(=O)C(F)(F)F)cc2)N(C)C1=O. The van der Waals surface area contributed by atoms with E-state index >= 15 is 0 Å². The molecule has 0 radical (unpaired) electrons. The van der Waals surface area contributed by atoms with Gasteiger partial charge >= 0.3 is 15.6 Å². The number of hydrogen-bond donors (Lipinski definition) is 3. The van der Waals surface area contributed by atoms with Gasteiger partial charge in [0.1, 0.15) is 29.9 Å². The van der Waals surface area contributed by atoms with Crippen LogP contribution >= 0.6 is 0 Å². The normalized spacial score (nSPS) is 20.9. The lowest BCUT2D eigenvalue weighted by atomic mass is 9.98. The van der Waals surface area contributed by atoms with Crippen molar-refractivity contribution in [3.8, 4) is 5.75 Å². The molecule has 0 aliphatic carbocycles. The number of hydrogen-bond acceptors (Lipinski definition) is 8. The van der Waals surface area contributed by atoms with E-state index in [1.807, 2.05) is 13.8 Å². The van der Waals surface area contributed by atoms with Crippen LogP contribution in [-0.4, -0.2) is 91.5 Å². The zero-order chi connectivity index (χ0) is 40.0. The van der Waals surface area contributed by atoms with E-state index in [1.165, 1.54) is 50.2 Å². The highest BCUT2D eigenvalue weighted by Gasteiger charge is 2.48. The molecule has 0 fully saturated rings. The quantitative estimate of drug-likeness (QED) is 0.230. The Morgan fingerprint density at radius 3 is 1.87 bits per heavy atom. The monoisotopic (exact) mass is 773 g/mol. The predicted octanol–water partition coefficient (Wildman–Crippen LogP) is 3.66. The lowest BCUT2D eigenvalue weighted by Gasteiger charge is -2.34. The lowest BCUT2D eigenvalue weighted by Crippen LogP contribution is -2.59. The first-order valence-electron chi connectivity index (χ1n) is 17.0. The summed E-state index contributed by atoms with van der Waals surface area (Å²) in [6.07, 6.45) is -0.0121. The van der Waals surface area contributed by atoms with Gasteiger partial charge in [0.15, 0.2) is 0 Å². The summed E-state index contributed by atoms with van der Waals surface area (Å²) in [5.74, 6) is -4.12. The molecule has 0 unspecified atom stereocenters. The molecule has 1 aliphatic heterocycles. The number of nitrogens with one attached hydrogen (secondary N) is 3. The van der Waals surface area contributed by atoms with Crippen molar-refractivity contribution in [3.63, 3.8) is 0 Å². The smallest absolute Gasteiger partial charge is 0.376 e. The number of para-hydroxylation sites is 1. The molecule has 290 valence electrons. The van der Waals surface area contributed by atoms with Gasteiger partial charge in [0.05, 0.1) is 11.3 Å². The average Bonchev–Trinajstić information content (AvgIpc) is 3.11. The van der Waals surface area contributed by atoms with Gasteiger partial charge in [-0.15, -0.1) is 0 Å². The highest BCUT2D eigenvalue weighted by atomic mass is 32.2. The van der Waals surface area contributed by atoms with Crippen LogP contribution in [0.5, 0.6) is 5.75 Å². The number of carbonyl (C=O) groups excluding carboxylic acids is 5. The Bertz CT molecular complexity index is 1960. The van der Waals surface area contributed by atoms with Crippen LogP contribution in [-0.2, 0) is 42.1 Å². The molecule has 0 aromatic heterocycles. The van der Waals surface area contributed by atoms with E-state index in [1.54, 1.807) is 42.5 Å². The fourth-order valence-electron chi connectivity index (χ4n) is 5.89. The molecule has 3 N–H and O–H groups in total. The first kappa shape index (κ1) is 41.3. The molecule has 0 bridgehead atoms. The highest BCUT2D eigenvalue weighted by Crippen LogP contribution is 2.28. The fraction of sp³-hybridized carbons (Fsp3) is 0.378. The molecule has 1 aliphatic rings. The van der Waals surface area contributed by atoms with Crippen molar-refractivity contribution in [2.75, 3.05) is 19.4 Å². The number of amides is 5. The Kier molecular flexibility index (Phi) is 13.1. The predicted molar refractivity (Wildman–Crippen MR) is 192 cm³/mol. The molecule has 0 saturated heterocycles. The van der Waals surface area contributed by atoms with Gasteiger partial charge in [-0.1, -0.05) is 68.4 Å². The molecule has 17 heteroatoms. The van der Waals surface area contributed by atoms with Crippen molar-refractivity contribution in [1.82, 2.24) is 20.4 Å². The van der Waals surface area contributed by atoms with Gasteiger partial charge in [-0.2, -0.15) is 21.6 Å². The summed E-state index contributed by atoms with van der Waals surface area (Å²) in [5, 5.41) is 8.13. The molecule has 0 saturated carbocycles. The number of fused-ring (bicyclic) bond motifs is 1. The molecule has 0 spiro atoms. The Morgan fingerprint density at radius 2 is 1.28 bits per heavy atom. The average molecular weight is 774 g/mol. The Hall–Kier alpha value is -5.45. The molecule has 5 amide bonds. The molecule has 3 aromatic carbocycles. The largest absolute Gasteiger partial charge is 0.534 e. The van der Waals surface area contributed by atoms with E-state index in [4.69, 9.17) is 0 Å². The van der Waals surface area contributed by atoms with Gasteiger partial charge in [-0.25, -0.2) is 0 Å². The molecule has 4 rings (SSSR count). The van der Waals surface area contributed by atoms with E-state index < -0.39 is 75.1 Å². The minimum Gasteiger partial charge on any atom is -0.376 e. The minimum atomic E-state index is -5.94. The van der Waals surface area contributed by atoms with Crippen LogP contribution in [0.3, 0.4) is 0 Å². The van der Waals surface area contributed by atoms with Crippen molar-refractivity contribution in [3.05, 3.63) is 95.6 Å². The second-order valence-electron chi connectivity index (χ2n) is 13.4. The number of anilines is 1. The summed E-state index contributed by atoms with van der Waals surface area (Å²) < 4.78 is 65.9. The molecule has 54 heavy (non-hydrogen) atoms. The third kappa shape index (κ3) is 10.1. The van der Waals surface area contributed by atoms with E-state index in [0.717, 1.165) is 22.6 Å². The van der Waals surface area contributed by atoms with Crippen LogP contribution in [0.2, 0.25) is 0 Å². The number of likely N-dealkylation sites (N-methyl/N-ethyl adjacent to an activating group) is 2. The van der Waals surface area contributed by atoms with E-state index in [9.17, 15) is 45.6 Å². The van der Waals surface area contributed by atoms with Gasteiger partial charge in [0, 0.05) is 26.9 Å². The first-order valence-corrected chi connectivity index (χ1v) is 18.4. The maximum absolute atomic E-state index is 14.3. The number of benzene rings is 3. The molecular formula is C37H42F3N5O8S. The van der Waals surface area contributed by atoms with Crippen molar-refractivity contribution in [1.29, 1.82) is 0 Å². The third-order valence-corrected chi connectivity index (χ3v) is 9.80. The van der Waals surface area contributed by atoms with Crippen LogP contribution < -0.4 is 20.1 Å². The van der Waals surface area contributed by atoms with E-state index in [-0.39, 0.29) is 36.4 Å². The van der Waals surface area contributed by atoms with Crippen LogP contribution in [0.15, 0.2) is 78.9 Å². The molecular weight excluding hydrogens is 731 g/mol. The van der Waals surface area contributed by atoms with Gasteiger partial charge in [-0.3, -0.25) is 24.0 Å². The highest BCUT2D eigenvalue weighted by molar-refractivity contribution is 7.88. The maximum Gasteiger partial charge on any atom is 0.534 e. The van der Waals surface area contributed by atoms with Gasteiger partial charge in [0.25, 0.3) is 5.91 Å². The summed E-state index contributed by atoms with van der Waals surface area (Å²) >= 11 is 0. The first-order chi connectivity index (χ1) is 25.3. The maximum atomic E-state index is 14.3. The Labute approximate surface area is 311 Å². The summed E-state index contributed by atoms with van der Waals surface area (Å²) in [7, 11) is -3.16. The second kappa shape index (κ2) is 17.1. The topological polar surface area (TPSA) is 171 Å². The fourth-order valence-corrected chi connectivity index (χ4v) is 6.35. The van der Waals surface area contributed by atoms with Crippen LogP contribution in [0, 0.1) is 5.92 Å². The summed E-state index contributed by atoms with van der Waals surface area (Å²) in [5.41, 5.74) is -4.58. The van der Waals surface area contributed by atoms with Crippen molar-refractivity contribution in [2.45, 2.75) is 69.7 Å². The van der Waals surface area contributed by atoms with E-state index in [0.29, 0.717) is 5.56 Å². The number of rotatable bonds is 8. The standard InChI is InChI=1S/C37H42F3N5O8S/c1-22(2)19-29-36(50)45(5)31(21-25-15-17-26(18-16-25)53-54(51,52)37(38,39)40)33(47)42-28-14-10-9-13-27(28)32(46)41-23(3)35(49)44(4)30(34(48)43-29)20-24-11-7-6-8-12-24/h6-18,22-23,29-31H,19-21H2,1-5H3,(H,41,46)(H,42,47)(H,43,48)/t23-,29-,30-,31-/m0/s1. The van der Waals surface area contributed by atoms with Crippen molar-refractivity contribution >= 4 is 45.3 Å². The molecule has 3 aromatic rings. The lowest BCUT2D eigenvalue weighted by molar-refractivity contribution is -0.143. The van der Waals surface area contributed by atoms with Crippen LogP contribution in [0.1, 0.15) is 48.7 Å². The molecule has 1 heterocycles. The molecule has 4 atom stereocenters. The van der Waals surface area contributed by atoms with E-state index in [2.05, 4.69) is 20.1 Å². The Morgan fingerprint density at radius 1 is 0.741 bits per heavy atom. The van der Waals surface area contributed by atoms with Gasteiger partial charge in [0.2, 0.25) is 23.6 Å². The van der Waals surface area contributed by atoms with Crippen molar-refractivity contribution < 1.29 is 49.7 Å². The van der Waals surface area contributed by atoms with Gasteiger partial charge < -0.3 is 29.9 Å². The van der Waals surface area contributed by atoms with Crippen molar-refractivity contribution in [2.24, 2.45) is 5.92 Å². The number of nitrogens with zero attached hydrogens (tertiary/aromatic N) is 2. The van der Waals surface area contributed by atoms with Crippen LogP contribution in [0.25, 0.3) is 0 Å². The minimum absolute atomic E-state index is 0.00313. The Balaban J connectivity index is 1.78. The van der Waals surface area contributed by atoms with Gasteiger partial charge in [-0.05, 0) is 54.7 Å². The zero-order valence-electron chi connectivity index (χ0n) is 30.2.